The Balaban J connectivity index is 4.20. The minimum absolute atomic E-state index is 0.0445. The summed E-state index contributed by atoms with van der Waals surface area (Å²) in [7, 11) is 0. The van der Waals surface area contributed by atoms with Crippen molar-refractivity contribution in [1.29, 1.82) is 0 Å². The molecule has 35 heavy (non-hydrogen) atoms. The molecule has 0 aromatic carbocycles. The van der Waals surface area contributed by atoms with Crippen molar-refractivity contribution in [2.75, 3.05) is 0 Å². The molecule has 0 unspecified atom stereocenters. The molecule has 0 aromatic heterocycles. The van der Waals surface area contributed by atoms with Gasteiger partial charge in [-0.3, -0.25) is 9.59 Å². The third-order valence-electron chi connectivity index (χ3n) is 7.22. The molecule has 0 saturated heterocycles. The van der Waals surface area contributed by atoms with E-state index in [1.165, 1.54) is 64.2 Å². The van der Waals surface area contributed by atoms with E-state index in [2.05, 4.69) is 27.7 Å². The Morgan fingerprint density at radius 1 is 0.600 bits per heavy atom. The predicted octanol–water partition coefficient (Wildman–Crippen LogP) is 9.73. The number of unbranched alkanes of at least 4 members (excludes halogenated alkanes) is 12. The van der Waals surface area contributed by atoms with E-state index in [-0.39, 0.29) is 17.5 Å². The normalized spacial score (nSPS) is 12.1. The highest BCUT2D eigenvalue weighted by molar-refractivity contribution is 5.77. The first-order valence-corrected chi connectivity index (χ1v) is 15.0. The maximum Gasteiger partial charge on any atom is 0.312 e. The SMILES string of the molecule is CC(C)CCC(CCCCCCCCCCCCCCCC(=O)O)(CCC(C)C)C(=O)OC(C)C. The first-order chi connectivity index (χ1) is 16.6. The van der Waals surface area contributed by atoms with Crippen molar-refractivity contribution in [3.63, 3.8) is 0 Å². The summed E-state index contributed by atoms with van der Waals surface area (Å²) in [5.74, 6) is 0.598. The van der Waals surface area contributed by atoms with Gasteiger partial charge in [-0.05, 0) is 64.2 Å². The highest BCUT2D eigenvalue weighted by atomic mass is 16.5. The number of carbonyl (C=O) groups excluding carboxylic acids is 1. The van der Waals surface area contributed by atoms with E-state index in [1.807, 2.05) is 13.8 Å². The fourth-order valence-electron chi connectivity index (χ4n) is 4.83. The molecule has 0 radical (unpaired) electrons. The smallest absolute Gasteiger partial charge is 0.312 e. The Hall–Kier alpha value is -1.06. The van der Waals surface area contributed by atoms with Crippen molar-refractivity contribution in [2.45, 2.75) is 170 Å². The zero-order valence-corrected chi connectivity index (χ0v) is 24.3. The van der Waals surface area contributed by atoms with Gasteiger partial charge in [0.05, 0.1) is 11.5 Å². The van der Waals surface area contributed by atoms with Crippen LogP contribution in [-0.4, -0.2) is 23.1 Å². The molecule has 4 nitrogen and oxygen atoms in total. The fourth-order valence-corrected chi connectivity index (χ4v) is 4.83. The van der Waals surface area contributed by atoms with Gasteiger partial charge < -0.3 is 9.84 Å². The van der Waals surface area contributed by atoms with Crippen LogP contribution in [0.15, 0.2) is 0 Å². The number of aliphatic carboxylic acids is 1. The number of rotatable bonds is 24. The topological polar surface area (TPSA) is 63.6 Å². The summed E-state index contributed by atoms with van der Waals surface area (Å²) < 4.78 is 5.80. The molecule has 0 atom stereocenters. The van der Waals surface area contributed by atoms with E-state index in [4.69, 9.17) is 9.84 Å². The lowest BCUT2D eigenvalue weighted by atomic mass is 9.72. The summed E-state index contributed by atoms with van der Waals surface area (Å²) in [6.07, 6.45) is 21.1. The number of carboxylic acid groups (broad SMARTS) is 1. The molecule has 0 fully saturated rings. The third kappa shape index (κ3) is 19.8. The quantitative estimate of drug-likeness (QED) is 0.107. The van der Waals surface area contributed by atoms with E-state index < -0.39 is 5.97 Å². The van der Waals surface area contributed by atoms with E-state index >= 15 is 0 Å². The molecule has 0 heterocycles. The van der Waals surface area contributed by atoms with Crippen LogP contribution in [0.2, 0.25) is 0 Å². The molecule has 0 spiro atoms. The van der Waals surface area contributed by atoms with Crippen LogP contribution >= 0.6 is 0 Å². The van der Waals surface area contributed by atoms with E-state index in [1.54, 1.807) is 0 Å². The summed E-state index contributed by atoms with van der Waals surface area (Å²) >= 11 is 0. The van der Waals surface area contributed by atoms with Crippen LogP contribution in [0.25, 0.3) is 0 Å². The highest BCUT2D eigenvalue weighted by Gasteiger charge is 2.39. The van der Waals surface area contributed by atoms with Crippen LogP contribution in [-0.2, 0) is 14.3 Å². The van der Waals surface area contributed by atoms with E-state index in [9.17, 15) is 9.59 Å². The number of ether oxygens (including phenoxy) is 1. The first kappa shape index (κ1) is 33.9. The number of esters is 1. The van der Waals surface area contributed by atoms with Gasteiger partial charge in [0, 0.05) is 6.42 Å². The van der Waals surface area contributed by atoms with Crippen LogP contribution < -0.4 is 0 Å². The van der Waals surface area contributed by atoms with Gasteiger partial charge in [0.15, 0.2) is 0 Å². The van der Waals surface area contributed by atoms with Crippen molar-refractivity contribution in [2.24, 2.45) is 17.3 Å². The second kappa shape index (κ2) is 21.1. The van der Waals surface area contributed by atoms with Gasteiger partial charge in [0.2, 0.25) is 0 Å². The summed E-state index contributed by atoms with van der Waals surface area (Å²) in [5.41, 5.74) is -0.299. The second-order valence-corrected chi connectivity index (χ2v) is 12.1. The van der Waals surface area contributed by atoms with E-state index in [0.29, 0.717) is 18.3 Å². The Morgan fingerprint density at radius 2 is 0.971 bits per heavy atom. The molecule has 0 saturated carbocycles. The predicted molar refractivity (Wildman–Crippen MR) is 149 cm³/mol. The molecular formula is C31H60O4. The van der Waals surface area contributed by atoms with Gasteiger partial charge in [0.25, 0.3) is 0 Å². The summed E-state index contributed by atoms with van der Waals surface area (Å²) in [4.78, 5) is 23.7. The summed E-state index contributed by atoms with van der Waals surface area (Å²) in [6, 6.07) is 0. The first-order valence-electron chi connectivity index (χ1n) is 15.0. The Kier molecular flexibility index (Phi) is 20.4. The molecule has 1 N–H and O–H groups in total. The highest BCUT2D eigenvalue weighted by Crippen LogP contribution is 2.40. The van der Waals surface area contributed by atoms with Crippen molar-refractivity contribution in [1.82, 2.24) is 0 Å². The molecule has 4 heteroatoms. The molecule has 0 amide bonds. The zero-order chi connectivity index (χ0) is 26.5. The van der Waals surface area contributed by atoms with Gasteiger partial charge in [0.1, 0.15) is 0 Å². The number of hydrogen-bond donors (Lipinski definition) is 1. The van der Waals surface area contributed by atoms with Crippen molar-refractivity contribution in [3.05, 3.63) is 0 Å². The van der Waals surface area contributed by atoms with Gasteiger partial charge in [-0.2, -0.15) is 0 Å². The molecular weight excluding hydrogens is 436 g/mol. The van der Waals surface area contributed by atoms with Crippen molar-refractivity contribution >= 4 is 11.9 Å². The van der Waals surface area contributed by atoms with Gasteiger partial charge in [-0.1, -0.05) is 105 Å². The largest absolute Gasteiger partial charge is 0.481 e. The van der Waals surface area contributed by atoms with Gasteiger partial charge in [-0.15, -0.1) is 0 Å². The molecule has 0 rings (SSSR count). The lowest BCUT2D eigenvalue weighted by molar-refractivity contribution is -0.162. The average Bonchev–Trinajstić information content (AvgIpc) is 2.76. The zero-order valence-electron chi connectivity index (χ0n) is 24.3. The number of hydrogen-bond acceptors (Lipinski definition) is 3. The second-order valence-electron chi connectivity index (χ2n) is 12.1. The molecule has 0 aromatic rings. The Morgan fingerprint density at radius 3 is 1.31 bits per heavy atom. The number of carboxylic acids is 1. The Labute approximate surface area is 218 Å². The molecule has 0 bridgehead atoms. The molecule has 208 valence electrons. The van der Waals surface area contributed by atoms with Crippen LogP contribution in [0, 0.1) is 17.3 Å². The lowest BCUT2D eigenvalue weighted by Gasteiger charge is -2.34. The molecule has 0 aliphatic rings. The Bertz CT molecular complexity index is 512. The molecule has 0 aliphatic heterocycles. The van der Waals surface area contributed by atoms with E-state index in [0.717, 1.165) is 51.4 Å². The monoisotopic (exact) mass is 496 g/mol. The summed E-state index contributed by atoms with van der Waals surface area (Å²) in [5, 5.41) is 8.65. The van der Waals surface area contributed by atoms with Crippen LogP contribution in [0.4, 0.5) is 0 Å². The van der Waals surface area contributed by atoms with Crippen LogP contribution in [0.5, 0.6) is 0 Å². The van der Waals surface area contributed by atoms with Gasteiger partial charge in [-0.25, -0.2) is 0 Å². The maximum absolute atomic E-state index is 13.2. The minimum atomic E-state index is -0.671. The van der Waals surface area contributed by atoms with Crippen LogP contribution in [0.1, 0.15) is 164 Å². The lowest BCUT2D eigenvalue weighted by Crippen LogP contribution is -2.35. The van der Waals surface area contributed by atoms with Crippen molar-refractivity contribution in [3.8, 4) is 0 Å². The standard InChI is InChI=1S/C31H60O4/c1-26(2)21-24-31(25-22-27(3)4,30(34)35-28(5)6)23-19-17-15-13-11-9-7-8-10-12-14-16-18-20-29(32)33/h26-28H,7-25H2,1-6H3,(H,32,33). The minimum Gasteiger partial charge on any atom is -0.481 e. The average molecular weight is 497 g/mol. The number of carbonyl (C=O) groups is 2. The van der Waals surface area contributed by atoms with Crippen molar-refractivity contribution < 1.29 is 19.4 Å². The molecule has 0 aliphatic carbocycles. The fraction of sp³-hybridized carbons (Fsp3) is 0.935. The van der Waals surface area contributed by atoms with Crippen LogP contribution in [0.3, 0.4) is 0 Å². The third-order valence-corrected chi connectivity index (χ3v) is 7.22. The maximum atomic E-state index is 13.2. The summed E-state index contributed by atoms with van der Waals surface area (Å²) in [6.45, 7) is 13.0. The van der Waals surface area contributed by atoms with Gasteiger partial charge >= 0.3 is 11.9 Å².